The molecule has 0 amide bonds. The Kier molecular flexibility index (Phi) is 6.01. The van der Waals surface area contributed by atoms with Crippen LogP contribution in [-0.4, -0.2) is 17.6 Å². The zero-order valence-electron chi connectivity index (χ0n) is 20.9. The van der Waals surface area contributed by atoms with E-state index in [1.54, 1.807) is 11.1 Å². The van der Waals surface area contributed by atoms with Gasteiger partial charge < -0.3 is 4.48 Å². The van der Waals surface area contributed by atoms with E-state index in [1.165, 1.54) is 87.1 Å². The van der Waals surface area contributed by atoms with Gasteiger partial charge in [-0.15, -0.1) is 0 Å². The molecular formula is C32H38N+. The van der Waals surface area contributed by atoms with Gasteiger partial charge in [-0.2, -0.15) is 0 Å². The number of quaternary nitrogens is 1. The van der Waals surface area contributed by atoms with Gasteiger partial charge in [-0.05, 0) is 70.5 Å². The Morgan fingerprint density at radius 2 is 1.06 bits per heavy atom. The standard InChI is InChI=1S/C32H38N/c1-5-7-17-33(18-8-6-2)21-29-23(3)19-25-13-9-11-15-27(25)31(29)32-28-16-12-10-14-26(28)20-24(4)30(32)22-33/h9-16,19-20H,5-8,17-18,21-22H2,1-4H3/q+1. The predicted molar refractivity (Wildman–Crippen MR) is 144 cm³/mol. The first-order valence-corrected chi connectivity index (χ1v) is 12.9. The van der Waals surface area contributed by atoms with Gasteiger partial charge in [-0.3, -0.25) is 0 Å². The van der Waals surface area contributed by atoms with Crippen molar-refractivity contribution in [2.45, 2.75) is 66.5 Å². The lowest BCUT2D eigenvalue weighted by molar-refractivity contribution is -0.953. The van der Waals surface area contributed by atoms with Crippen molar-refractivity contribution in [1.29, 1.82) is 0 Å². The van der Waals surface area contributed by atoms with E-state index in [2.05, 4.69) is 88.4 Å². The maximum Gasteiger partial charge on any atom is 0.106 e. The molecule has 0 atom stereocenters. The van der Waals surface area contributed by atoms with Crippen LogP contribution in [0.15, 0.2) is 60.7 Å². The smallest absolute Gasteiger partial charge is 0.106 e. The summed E-state index contributed by atoms with van der Waals surface area (Å²) in [4.78, 5) is 0. The lowest BCUT2D eigenvalue weighted by Crippen LogP contribution is -2.47. The van der Waals surface area contributed by atoms with Crippen LogP contribution in [-0.2, 0) is 13.1 Å². The molecule has 1 aliphatic heterocycles. The molecule has 1 heterocycles. The van der Waals surface area contributed by atoms with Gasteiger partial charge in [-0.25, -0.2) is 0 Å². The minimum Gasteiger partial charge on any atom is -0.316 e. The third-order valence-corrected chi connectivity index (χ3v) is 7.97. The highest BCUT2D eigenvalue weighted by molar-refractivity contribution is 6.08. The predicted octanol–water partition coefficient (Wildman–Crippen LogP) is 8.71. The lowest BCUT2D eigenvalue weighted by Gasteiger charge is -2.39. The topological polar surface area (TPSA) is 0 Å². The van der Waals surface area contributed by atoms with Crippen molar-refractivity contribution in [2.75, 3.05) is 13.1 Å². The van der Waals surface area contributed by atoms with Crippen LogP contribution >= 0.6 is 0 Å². The second-order valence-corrected chi connectivity index (χ2v) is 10.3. The monoisotopic (exact) mass is 436 g/mol. The highest BCUT2D eigenvalue weighted by atomic mass is 15.3. The van der Waals surface area contributed by atoms with Gasteiger partial charge in [0.2, 0.25) is 0 Å². The number of nitrogens with zero attached hydrogens (tertiary/aromatic N) is 1. The molecule has 0 fully saturated rings. The Labute approximate surface area is 199 Å². The van der Waals surface area contributed by atoms with Gasteiger partial charge in [0, 0.05) is 11.1 Å². The van der Waals surface area contributed by atoms with Gasteiger partial charge in [0.15, 0.2) is 0 Å². The molecule has 4 aromatic carbocycles. The largest absolute Gasteiger partial charge is 0.316 e. The summed E-state index contributed by atoms with van der Waals surface area (Å²) in [5.74, 6) is 0. The van der Waals surface area contributed by atoms with Crippen LogP contribution in [0.2, 0.25) is 0 Å². The van der Waals surface area contributed by atoms with Crippen LogP contribution in [0.25, 0.3) is 32.7 Å². The van der Waals surface area contributed by atoms with E-state index in [-0.39, 0.29) is 0 Å². The average Bonchev–Trinajstić information content (AvgIpc) is 2.98. The Bertz CT molecular complexity index is 1210. The number of hydrogen-bond donors (Lipinski definition) is 0. The minimum absolute atomic E-state index is 1.15. The summed E-state index contributed by atoms with van der Waals surface area (Å²) in [7, 11) is 0. The van der Waals surface area contributed by atoms with Crippen LogP contribution < -0.4 is 0 Å². The fourth-order valence-corrected chi connectivity index (χ4v) is 6.18. The molecule has 0 aliphatic carbocycles. The van der Waals surface area contributed by atoms with Crippen molar-refractivity contribution in [2.24, 2.45) is 0 Å². The van der Waals surface area contributed by atoms with Crippen molar-refractivity contribution in [1.82, 2.24) is 0 Å². The van der Waals surface area contributed by atoms with Crippen LogP contribution in [0.3, 0.4) is 0 Å². The van der Waals surface area contributed by atoms with Crippen LogP contribution in [0.4, 0.5) is 0 Å². The van der Waals surface area contributed by atoms with Crippen molar-refractivity contribution < 1.29 is 4.48 Å². The summed E-state index contributed by atoms with van der Waals surface area (Å²) in [5, 5.41) is 5.57. The van der Waals surface area contributed by atoms with E-state index in [4.69, 9.17) is 0 Å². The van der Waals surface area contributed by atoms with Crippen molar-refractivity contribution in [3.63, 3.8) is 0 Å². The average molecular weight is 437 g/mol. The molecule has 4 aromatic rings. The molecule has 0 N–H and O–H groups in total. The summed E-state index contributed by atoms with van der Waals surface area (Å²) < 4.78 is 1.19. The van der Waals surface area contributed by atoms with Gasteiger partial charge in [0.25, 0.3) is 0 Å². The van der Waals surface area contributed by atoms with E-state index in [1.807, 2.05) is 0 Å². The molecule has 170 valence electrons. The van der Waals surface area contributed by atoms with Crippen LogP contribution in [0.5, 0.6) is 0 Å². The number of aryl methyl sites for hydroxylation is 2. The summed E-state index contributed by atoms with van der Waals surface area (Å²) in [6, 6.07) is 23.0. The fourth-order valence-electron chi connectivity index (χ4n) is 6.18. The van der Waals surface area contributed by atoms with Crippen molar-refractivity contribution in [3.05, 3.63) is 82.9 Å². The number of fused-ring (bicyclic) bond motifs is 7. The number of hydrogen-bond acceptors (Lipinski definition) is 0. The second kappa shape index (κ2) is 8.95. The van der Waals surface area contributed by atoms with Gasteiger partial charge in [0.05, 0.1) is 13.1 Å². The van der Waals surface area contributed by atoms with E-state index in [0.29, 0.717) is 0 Å². The Morgan fingerprint density at radius 3 is 1.48 bits per heavy atom. The number of rotatable bonds is 6. The Morgan fingerprint density at radius 1 is 0.636 bits per heavy atom. The van der Waals surface area contributed by atoms with Crippen molar-refractivity contribution >= 4 is 21.5 Å². The molecule has 5 rings (SSSR count). The minimum atomic E-state index is 1.15. The zero-order valence-corrected chi connectivity index (χ0v) is 20.9. The number of unbranched alkanes of at least 4 members (excludes halogenated alkanes) is 2. The molecular weight excluding hydrogens is 398 g/mol. The maximum absolute atomic E-state index is 2.44. The molecule has 0 bridgehead atoms. The van der Waals surface area contributed by atoms with Gasteiger partial charge in [0.1, 0.15) is 13.1 Å². The van der Waals surface area contributed by atoms with Crippen molar-refractivity contribution in [3.8, 4) is 11.1 Å². The number of benzene rings is 4. The highest BCUT2D eigenvalue weighted by Crippen LogP contribution is 2.46. The molecule has 1 aliphatic rings. The van der Waals surface area contributed by atoms with E-state index < -0.39 is 0 Å². The highest BCUT2D eigenvalue weighted by Gasteiger charge is 2.35. The second-order valence-electron chi connectivity index (χ2n) is 10.3. The zero-order chi connectivity index (χ0) is 23.0. The lowest BCUT2D eigenvalue weighted by atomic mass is 9.85. The Hall–Kier alpha value is -2.64. The normalized spacial score (nSPS) is 14.8. The molecule has 0 saturated carbocycles. The fraction of sp³-hybridized carbons (Fsp3) is 0.375. The summed E-state index contributed by atoms with van der Waals surface area (Å²) >= 11 is 0. The molecule has 0 unspecified atom stereocenters. The third kappa shape index (κ3) is 3.87. The van der Waals surface area contributed by atoms with Crippen LogP contribution in [0.1, 0.15) is 61.8 Å². The quantitative estimate of drug-likeness (QED) is 0.265. The first kappa shape index (κ1) is 22.2. The molecule has 1 nitrogen and oxygen atoms in total. The van der Waals surface area contributed by atoms with E-state index >= 15 is 0 Å². The maximum atomic E-state index is 2.44. The molecule has 0 radical (unpaired) electrons. The molecule has 0 spiro atoms. The van der Waals surface area contributed by atoms with E-state index in [0.717, 1.165) is 13.1 Å². The first-order chi connectivity index (χ1) is 16.1. The van der Waals surface area contributed by atoms with Crippen LogP contribution in [0, 0.1) is 13.8 Å². The van der Waals surface area contributed by atoms with Gasteiger partial charge in [-0.1, -0.05) is 87.4 Å². The summed E-state index contributed by atoms with van der Waals surface area (Å²) in [6.07, 6.45) is 5.12. The summed E-state index contributed by atoms with van der Waals surface area (Å²) in [6.45, 7) is 14.2. The molecule has 33 heavy (non-hydrogen) atoms. The summed E-state index contributed by atoms with van der Waals surface area (Å²) in [5.41, 5.74) is 9.09. The molecule has 1 heteroatoms. The molecule has 0 saturated heterocycles. The molecule has 0 aromatic heterocycles. The first-order valence-electron chi connectivity index (χ1n) is 12.9. The Balaban J connectivity index is 1.91. The van der Waals surface area contributed by atoms with E-state index in [9.17, 15) is 0 Å². The van der Waals surface area contributed by atoms with Gasteiger partial charge >= 0.3 is 0 Å². The SMILES string of the molecule is CCCC[N+]1(CCCC)Cc2c(C)cc3ccccc3c2-c2c(c(C)cc3ccccc23)C1. The third-order valence-electron chi connectivity index (χ3n) is 7.97.